The van der Waals surface area contributed by atoms with Crippen LogP contribution in [-0.4, -0.2) is 24.9 Å². The van der Waals surface area contributed by atoms with E-state index in [0.717, 1.165) is 140 Å². The third kappa shape index (κ3) is 37.5. The second-order valence-corrected chi connectivity index (χ2v) is 27.6. The van der Waals surface area contributed by atoms with Gasteiger partial charge in [0.05, 0.1) is 0 Å². The first-order chi connectivity index (χ1) is 61.2. The molecule has 0 spiro atoms. The minimum atomic E-state index is 0. The summed E-state index contributed by atoms with van der Waals surface area (Å²) in [5.74, 6) is 0. The molecule has 4 radical (unpaired) electrons. The number of hydrogen-bond acceptors (Lipinski definition) is 5. The summed E-state index contributed by atoms with van der Waals surface area (Å²) in [6, 6.07) is 185. The standard InChI is InChI=1S/C18H12N.C17H11N2.2C17H10N.C14H12.3C12H8.4Pt.4Y/c1-14-9-11-16(12-10-14)18-17(8-5-13-19-18)15-6-3-2-4-7-15;1-13-7-8-16(12-19-13)15-9-10-18-17(11-15)14-5-3-2-4-6-14;1-3-7-14(8-4-1)16-11-12-18-17(13-16)15-9-5-2-6-10-15;1-3-7-14(8-4-1)16-11-12-17(18-13-16)15-9-5-2-6-10-15;1-11-3-7-13(8-4-11)14-9-5-12(2)6-10-14;3*1-3-7-11(8-4-1)12-9-5-2-6-10-12;;;;;;;;/h2-6,9-11,13H,1H3;2-5,7-10H,1H3;2*1-7,9,12-13H;3-7,9H,1-2H3;3*1-7,9H;;;;;;;;/q4*-3;4*-2;;;;;;;;. The van der Waals surface area contributed by atoms with Crippen molar-refractivity contribution < 1.29 is 215 Å². The third-order valence-electron chi connectivity index (χ3n) is 18.5. The topological polar surface area (TPSA) is 64.5 Å². The molecule has 0 fully saturated rings. The maximum atomic E-state index is 4.47. The first-order valence-electron chi connectivity index (χ1n) is 40.2. The Morgan fingerprint density at radius 3 is 0.879 bits per heavy atom. The van der Waals surface area contributed by atoms with Gasteiger partial charge in [0.1, 0.15) is 0 Å². The molecule has 0 aliphatic heterocycles. The molecule has 20 aromatic rings. The Labute approximate surface area is 939 Å². The predicted molar refractivity (Wildman–Crippen MR) is 501 cm³/mol. The molecule has 0 bridgehead atoms. The maximum Gasteiger partial charge on any atom is 0 e. The van der Waals surface area contributed by atoms with Crippen molar-refractivity contribution in [1.82, 2.24) is 24.9 Å². The monoisotopic (exact) mass is 2710 g/mol. The summed E-state index contributed by atoms with van der Waals surface area (Å²) in [5, 5.41) is 0. The SMILES string of the molecule is Cc1c[c-]c(-c2[c-]cc(C)cc2)cc1.Cc1c[c-]c(-c2ncc[c-]c2-c2[c-]cccc2)cc1.Cc1ccc(-c2[c-]c(-c3[c-]cccc3)ncc2)[c-]n1.[Pt].[Pt].[Pt].[Pt].[Y].[Y].[Y].[Y].[c-]1ccccc1-c1[c-]cc(-c2[c-]cccc2)nc1.[c-]1ccccc1-c1[c-]cccc1.[c-]1ccccc1-c1[c-]cccc1.[c-]1ccccc1-c1[c-]cccc1.[c-]1ccccc1-c1[c-]cnc(-c2[c-]cccc2)c1. The summed E-state index contributed by atoms with van der Waals surface area (Å²) in [7, 11) is 0. The Bertz CT molecular complexity index is 5970. The van der Waals surface area contributed by atoms with E-state index in [4.69, 9.17) is 0 Å². The van der Waals surface area contributed by atoms with Gasteiger partial charge in [-0.05, 0) is 17.6 Å². The molecule has 0 atom stereocenters. The molecule has 15 aromatic carbocycles. The molecule has 0 saturated heterocycles. The van der Waals surface area contributed by atoms with Gasteiger partial charge < -0.3 is 24.9 Å². The molecule has 0 aliphatic rings. The van der Waals surface area contributed by atoms with E-state index >= 15 is 0 Å². The largest absolute Gasteiger partial charge is 0.367 e. The maximum absolute atomic E-state index is 4.47. The van der Waals surface area contributed by atoms with Gasteiger partial charge in [0.15, 0.2) is 0 Å². The molecule has 0 saturated carbocycles. The van der Waals surface area contributed by atoms with E-state index in [0.29, 0.717) is 0 Å². The van der Waals surface area contributed by atoms with E-state index in [1.165, 1.54) is 16.7 Å². The van der Waals surface area contributed by atoms with Crippen molar-refractivity contribution in [3.05, 3.63) is 551 Å². The van der Waals surface area contributed by atoms with Crippen molar-refractivity contribution in [2.45, 2.75) is 27.7 Å². The third-order valence-corrected chi connectivity index (χ3v) is 18.5. The summed E-state index contributed by atoms with van der Waals surface area (Å²) in [6.45, 7) is 8.13. The van der Waals surface area contributed by atoms with Gasteiger partial charge in [0.2, 0.25) is 0 Å². The van der Waals surface area contributed by atoms with Crippen molar-refractivity contribution in [2.75, 3.05) is 0 Å². The van der Waals surface area contributed by atoms with Gasteiger partial charge in [-0.3, -0.25) is 11.1 Å². The fourth-order valence-electron chi connectivity index (χ4n) is 12.0. The Hall–Kier alpha value is -8.78. The van der Waals surface area contributed by atoms with Crippen molar-refractivity contribution in [1.29, 1.82) is 0 Å². The Balaban J connectivity index is 0.000000266. The fourth-order valence-corrected chi connectivity index (χ4v) is 12.0. The van der Waals surface area contributed by atoms with Crippen LogP contribution in [-0.2, 0) is 215 Å². The van der Waals surface area contributed by atoms with Gasteiger partial charge in [0, 0.05) is 215 Å². The second-order valence-electron chi connectivity index (χ2n) is 27.6. The van der Waals surface area contributed by atoms with Crippen LogP contribution in [0.15, 0.2) is 407 Å². The van der Waals surface area contributed by atoms with Gasteiger partial charge in [-0.2, -0.15) is 303 Å². The van der Waals surface area contributed by atoms with Crippen molar-refractivity contribution in [2.24, 2.45) is 0 Å². The first kappa shape index (κ1) is 114. The van der Waals surface area contributed by atoms with E-state index in [1.807, 2.05) is 365 Å². The number of aromatic nitrogens is 5. The Kier molecular flexibility index (Phi) is 55.3. The number of rotatable bonds is 12. The molecular formula is C119H79N5Pt4Y4-20. The molecule has 20 rings (SSSR count). The van der Waals surface area contributed by atoms with Gasteiger partial charge in [0.25, 0.3) is 0 Å². The molecule has 0 amide bonds. The van der Waals surface area contributed by atoms with Crippen LogP contribution in [0.2, 0.25) is 0 Å². The minimum absolute atomic E-state index is 0. The van der Waals surface area contributed by atoms with E-state index in [-0.39, 0.29) is 215 Å². The minimum Gasteiger partial charge on any atom is -0.367 e. The second kappa shape index (κ2) is 64.2. The fraction of sp³-hybridized carbons (Fsp3) is 0.0336. The summed E-state index contributed by atoms with van der Waals surface area (Å²) in [4.78, 5) is 21.8. The zero-order valence-corrected chi connectivity index (χ0v) is 92.9. The summed E-state index contributed by atoms with van der Waals surface area (Å²) in [5.41, 5.74) is 28.6. The summed E-state index contributed by atoms with van der Waals surface area (Å²) in [6.07, 6.45) is 10.1. The van der Waals surface area contributed by atoms with Crippen LogP contribution >= 0.6 is 0 Å². The average molecular weight is 2710 g/mol. The molecular weight excluding hydrogens is 2640 g/mol. The van der Waals surface area contributed by atoms with Gasteiger partial charge >= 0.3 is 0 Å². The van der Waals surface area contributed by atoms with E-state index < -0.39 is 0 Å². The van der Waals surface area contributed by atoms with Gasteiger partial charge in [-0.1, -0.05) is 63.9 Å². The van der Waals surface area contributed by atoms with Crippen LogP contribution in [0.5, 0.6) is 0 Å². The molecule has 132 heavy (non-hydrogen) atoms. The molecule has 13 heteroatoms. The first-order valence-corrected chi connectivity index (χ1v) is 40.2. The predicted octanol–water partition coefficient (Wildman–Crippen LogP) is 27.7. The number of nitrogens with zero attached hydrogens (tertiary/aromatic N) is 5. The van der Waals surface area contributed by atoms with Gasteiger partial charge in [-0.15, -0.1) is 203 Å². The number of pyridine rings is 5. The Morgan fingerprint density at radius 1 is 0.212 bits per heavy atom. The van der Waals surface area contributed by atoms with E-state index in [9.17, 15) is 0 Å². The number of aryl methyl sites for hydroxylation is 4. The molecule has 5 nitrogen and oxygen atoms in total. The van der Waals surface area contributed by atoms with Gasteiger partial charge in [-0.25, -0.2) is 114 Å². The molecule has 0 aliphatic carbocycles. The zero-order valence-electron chi connectivity index (χ0n) is 72.5. The zero-order chi connectivity index (χ0) is 85.2. The van der Waals surface area contributed by atoms with Crippen molar-refractivity contribution in [3.63, 3.8) is 0 Å². The van der Waals surface area contributed by atoms with Crippen LogP contribution in [0.4, 0.5) is 0 Å². The normalized spacial score (nSPS) is 9.48. The molecule has 0 unspecified atom stereocenters. The quantitative estimate of drug-likeness (QED) is 0.114. The summed E-state index contributed by atoms with van der Waals surface area (Å²) < 4.78 is 0. The number of hydrogen-bond donors (Lipinski definition) is 0. The molecule has 0 N–H and O–H groups in total. The van der Waals surface area contributed by atoms with Crippen LogP contribution in [0.1, 0.15) is 22.4 Å². The van der Waals surface area contributed by atoms with E-state index in [1.54, 1.807) is 18.6 Å². The van der Waals surface area contributed by atoms with Crippen LogP contribution in [0.3, 0.4) is 0 Å². The number of benzene rings is 15. The summed E-state index contributed by atoms with van der Waals surface area (Å²) >= 11 is 0. The van der Waals surface area contributed by atoms with Crippen LogP contribution in [0.25, 0.3) is 134 Å². The van der Waals surface area contributed by atoms with Crippen LogP contribution in [0, 0.1) is 149 Å². The van der Waals surface area contributed by atoms with E-state index in [2.05, 4.69) is 197 Å². The van der Waals surface area contributed by atoms with Crippen molar-refractivity contribution in [3.8, 4) is 134 Å². The molecule has 5 heterocycles. The van der Waals surface area contributed by atoms with Crippen molar-refractivity contribution >= 4 is 0 Å². The molecule has 5 aromatic heterocycles. The average Bonchev–Trinajstić information content (AvgIpc) is 0.816. The van der Waals surface area contributed by atoms with Crippen LogP contribution < -0.4 is 0 Å². The molecule has 652 valence electrons. The Morgan fingerprint density at radius 2 is 0.538 bits per heavy atom. The smallest absolute Gasteiger partial charge is 0 e.